The van der Waals surface area contributed by atoms with E-state index < -0.39 is 0 Å². The topological polar surface area (TPSA) is 63.4 Å². The second-order valence-electron chi connectivity index (χ2n) is 7.56. The van der Waals surface area contributed by atoms with Gasteiger partial charge in [0.05, 0.1) is 0 Å². The first-order valence-corrected chi connectivity index (χ1v) is 9.30. The number of benzene rings is 1. The molecule has 1 aromatic carbocycles. The summed E-state index contributed by atoms with van der Waals surface area (Å²) in [5, 5.41) is 0. The lowest BCUT2D eigenvalue weighted by Gasteiger charge is -2.36. The minimum Gasteiger partial charge on any atom is -0.369 e. The third kappa shape index (κ3) is 4.02. The number of halogens is 1. The van der Waals surface area contributed by atoms with Crippen LogP contribution in [0.3, 0.4) is 0 Å². The zero-order chi connectivity index (χ0) is 18.0. The van der Waals surface area contributed by atoms with E-state index in [0.717, 1.165) is 50.8 Å². The molecule has 0 aromatic heterocycles. The van der Waals surface area contributed by atoms with Crippen LogP contribution in [0.15, 0.2) is 18.2 Å². The summed E-state index contributed by atoms with van der Waals surface area (Å²) in [6.07, 6.45) is 4.99. The maximum atomic E-state index is 13.3. The van der Waals surface area contributed by atoms with Crippen LogP contribution in [0.1, 0.15) is 55.6 Å². The number of hydrogen-bond acceptors (Lipinski definition) is 2. The fraction of sp³-hybridized carbons (Fsp3) is 0.600. The molecule has 1 saturated carbocycles. The number of primary amides is 1. The third-order valence-electron chi connectivity index (χ3n) is 5.90. The van der Waals surface area contributed by atoms with Gasteiger partial charge in [-0.3, -0.25) is 9.59 Å². The van der Waals surface area contributed by atoms with Gasteiger partial charge in [-0.15, -0.1) is 0 Å². The molecule has 0 bridgehead atoms. The summed E-state index contributed by atoms with van der Waals surface area (Å²) in [5.41, 5.74) is 7.61. The van der Waals surface area contributed by atoms with Crippen LogP contribution in [-0.2, 0) is 9.59 Å². The number of carbonyl (C=O) groups excluding carboxylic acids is 2. The smallest absolute Gasteiger partial charge is 0.225 e. The Kier molecular flexibility index (Phi) is 5.40. The van der Waals surface area contributed by atoms with Crippen LogP contribution < -0.4 is 5.73 Å². The number of likely N-dealkylation sites (tertiary alicyclic amines) is 1. The zero-order valence-corrected chi connectivity index (χ0v) is 14.8. The lowest BCUT2D eigenvalue weighted by molar-refractivity contribution is -0.139. The van der Waals surface area contributed by atoms with Crippen molar-refractivity contribution < 1.29 is 14.0 Å². The van der Waals surface area contributed by atoms with E-state index in [2.05, 4.69) is 0 Å². The van der Waals surface area contributed by atoms with Gasteiger partial charge in [0.25, 0.3) is 0 Å². The standard InChI is InChI=1S/C20H27FN2O2/c1-13-11-17(21)5-6-18(13)14-7-9-23(10-8-14)20(25)16-4-2-3-15(12-16)19(22)24/h5-6,11,14-16H,2-4,7-10,12H2,1H3,(H2,22,24). The van der Waals surface area contributed by atoms with Gasteiger partial charge in [-0.05, 0) is 68.2 Å². The van der Waals surface area contributed by atoms with Crippen LogP contribution in [-0.4, -0.2) is 29.8 Å². The van der Waals surface area contributed by atoms with Gasteiger partial charge in [0.2, 0.25) is 11.8 Å². The number of piperidine rings is 1. The largest absolute Gasteiger partial charge is 0.369 e. The molecule has 0 radical (unpaired) electrons. The van der Waals surface area contributed by atoms with Crippen LogP contribution in [0.2, 0.25) is 0 Å². The Morgan fingerprint density at radius 3 is 2.44 bits per heavy atom. The molecule has 2 unspecified atom stereocenters. The van der Waals surface area contributed by atoms with Crippen molar-refractivity contribution in [2.24, 2.45) is 17.6 Å². The average Bonchev–Trinajstić information content (AvgIpc) is 2.61. The molecular formula is C20H27FN2O2. The van der Waals surface area contributed by atoms with Crippen molar-refractivity contribution in [2.75, 3.05) is 13.1 Å². The molecule has 1 aliphatic carbocycles. The van der Waals surface area contributed by atoms with E-state index >= 15 is 0 Å². The van der Waals surface area contributed by atoms with Crippen molar-refractivity contribution in [1.29, 1.82) is 0 Å². The van der Waals surface area contributed by atoms with Gasteiger partial charge in [-0.25, -0.2) is 4.39 Å². The van der Waals surface area contributed by atoms with Crippen LogP contribution >= 0.6 is 0 Å². The van der Waals surface area contributed by atoms with Crippen LogP contribution in [0, 0.1) is 24.6 Å². The fourth-order valence-corrected chi connectivity index (χ4v) is 4.44. The monoisotopic (exact) mass is 346 g/mol. The molecular weight excluding hydrogens is 319 g/mol. The predicted octanol–water partition coefficient (Wildman–Crippen LogP) is 3.13. The summed E-state index contributed by atoms with van der Waals surface area (Å²) >= 11 is 0. The lowest BCUT2D eigenvalue weighted by Crippen LogP contribution is -2.43. The fourth-order valence-electron chi connectivity index (χ4n) is 4.44. The van der Waals surface area contributed by atoms with Gasteiger partial charge in [0.15, 0.2) is 0 Å². The number of nitrogens with two attached hydrogens (primary N) is 1. The molecule has 0 spiro atoms. The van der Waals surface area contributed by atoms with Gasteiger partial charge in [-0.2, -0.15) is 0 Å². The van der Waals surface area contributed by atoms with E-state index in [1.165, 1.54) is 11.6 Å². The Balaban J connectivity index is 1.58. The summed E-state index contributed by atoms with van der Waals surface area (Å²) in [6, 6.07) is 4.98. The average molecular weight is 346 g/mol. The molecule has 2 N–H and O–H groups in total. The normalized spacial score (nSPS) is 25.0. The maximum Gasteiger partial charge on any atom is 0.225 e. The van der Waals surface area contributed by atoms with Crippen LogP contribution in [0.5, 0.6) is 0 Å². The summed E-state index contributed by atoms with van der Waals surface area (Å²) in [5.74, 6) is -0.120. The van der Waals surface area contributed by atoms with Crippen molar-refractivity contribution >= 4 is 11.8 Å². The third-order valence-corrected chi connectivity index (χ3v) is 5.90. The maximum absolute atomic E-state index is 13.3. The van der Waals surface area contributed by atoms with Gasteiger partial charge in [-0.1, -0.05) is 12.5 Å². The van der Waals surface area contributed by atoms with Crippen LogP contribution in [0.25, 0.3) is 0 Å². The number of carbonyl (C=O) groups is 2. The first-order chi connectivity index (χ1) is 12.0. The van der Waals surface area contributed by atoms with E-state index in [0.29, 0.717) is 12.3 Å². The molecule has 2 atom stereocenters. The Labute approximate surface area is 148 Å². The van der Waals surface area contributed by atoms with E-state index in [1.54, 1.807) is 6.07 Å². The molecule has 2 amide bonds. The highest BCUT2D eigenvalue weighted by molar-refractivity contribution is 5.81. The number of nitrogens with zero attached hydrogens (tertiary/aromatic N) is 1. The van der Waals surface area contributed by atoms with Crippen molar-refractivity contribution in [2.45, 2.75) is 51.4 Å². The first-order valence-electron chi connectivity index (χ1n) is 9.30. The predicted molar refractivity (Wildman–Crippen MR) is 94.3 cm³/mol. The quantitative estimate of drug-likeness (QED) is 0.914. The van der Waals surface area contributed by atoms with Crippen molar-refractivity contribution in [3.05, 3.63) is 35.1 Å². The van der Waals surface area contributed by atoms with Gasteiger partial charge < -0.3 is 10.6 Å². The van der Waals surface area contributed by atoms with E-state index in [4.69, 9.17) is 5.73 Å². The van der Waals surface area contributed by atoms with Crippen LogP contribution in [0.4, 0.5) is 4.39 Å². The summed E-state index contributed by atoms with van der Waals surface area (Å²) < 4.78 is 13.3. The molecule has 136 valence electrons. The second kappa shape index (κ2) is 7.54. The van der Waals surface area contributed by atoms with Gasteiger partial charge in [0.1, 0.15) is 5.82 Å². The van der Waals surface area contributed by atoms with E-state index in [1.807, 2.05) is 17.9 Å². The Morgan fingerprint density at radius 1 is 1.12 bits per heavy atom. The molecule has 1 saturated heterocycles. The lowest BCUT2D eigenvalue weighted by atomic mass is 9.79. The highest BCUT2D eigenvalue weighted by Gasteiger charge is 2.34. The summed E-state index contributed by atoms with van der Waals surface area (Å²) in [7, 11) is 0. The Hall–Kier alpha value is -1.91. The van der Waals surface area contributed by atoms with Crippen molar-refractivity contribution in [3.8, 4) is 0 Å². The van der Waals surface area contributed by atoms with E-state index in [9.17, 15) is 14.0 Å². The minimum absolute atomic E-state index is 0.0599. The SMILES string of the molecule is Cc1cc(F)ccc1C1CCN(C(=O)C2CCCC(C(N)=O)C2)CC1. The number of amides is 2. The highest BCUT2D eigenvalue weighted by atomic mass is 19.1. The number of rotatable bonds is 3. The van der Waals surface area contributed by atoms with Crippen molar-refractivity contribution in [1.82, 2.24) is 4.90 Å². The minimum atomic E-state index is -0.275. The molecule has 1 aliphatic heterocycles. The molecule has 3 rings (SSSR count). The Morgan fingerprint density at radius 2 is 1.80 bits per heavy atom. The molecule has 2 aliphatic rings. The Bertz CT molecular complexity index is 653. The molecule has 1 aromatic rings. The zero-order valence-electron chi connectivity index (χ0n) is 14.8. The number of aryl methyl sites for hydroxylation is 1. The van der Waals surface area contributed by atoms with E-state index in [-0.39, 0.29) is 29.5 Å². The second-order valence-corrected chi connectivity index (χ2v) is 7.56. The summed E-state index contributed by atoms with van der Waals surface area (Å²) in [6.45, 7) is 3.41. The van der Waals surface area contributed by atoms with Crippen molar-refractivity contribution in [3.63, 3.8) is 0 Å². The molecule has 5 heteroatoms. The number of hydrogen-bond donors (Lipinski definition) is 1. The van der Waals surface area contributed by atoms with Gasteiger partial charge in [0, 0.05) is 24.9 Å². The molecule has 1 heterocycles. The first kappa shape index (κ1) is 17.9. The molecule has 4 nitrogen and oxygen atoms in total. The molecule has 25 heavy (non-hydrogen) atoms. The molecule has 2 fully saturated rings. The summed E-state index contributed by atoms with van der Waals surface area (Å²) in [4.78, 5) is 26.2. The van der Waals surface area contributed by atoms with Gasteiger partial charge >= 0.3 is 0 Å². The highest BCUT2D eigenvalue weighted by Crippen LogP contribution is 2.34.